The third-order valence-corrected chi connectivity index (χ3v) is 4.16. The molecule has 0 spiro atoms. The van der Waals surface area contributed by atoms with Crippen LogP contribution in [0.25, 0.3) is 0 Å². The van der Waals surface area contributed by atoms with E-state index in [1.54, 1.807) is 0 Å². The molecule has 7 N–H and O–H groups in total. The molecule has 1 aliphatic rings. The maximum Gasteiger partial charge on any atom is 0.264 e. The zero-order chi connectivity index (χ0) is 19.5. The van der Waals surface area contributed by atoms with Crippen LogP contribution in [0.1, 0.15) is 12.8 Å². The monoisotopic (exact) mass is 389 g/mol. The molecule has 0 aliphatic carbocycles. The predicted octanol–water partition coefficient (Wildman–Crippen LogP) is -3.74. The molecule has 0 aromatic carbocycles. The standard InChI is InChI=1S/C7H15NO4S.C6H12O6/c9-13(10,11)5-1-2-7-6-8-3-4-12-7;7-1-3(9)5(11)6(12)4(10)2-8/h7-8H,1-6H2,(H,9,10,11);1,3-6,8-12H,2H2/t;3-,4+,5+,6+/m.0/s1. The Hall–Kier alpha value is -0.700. The number of hydrogen-bond acceptors (Lipinski definition) is 10. The molecule has 0 bridgehead atoms. The number of nitrogens with one attached hydrogen (secondary N) is 1. The molecule has 1 rings (SSSR count). The Morgan fingerprint density at radius 1 is 1.20 bits per heavy atom. The molecule has 25 heavy (non-hydrogen) atoms. The van der Waals surface area contributed by atoms with Crippen molar-refractivity contribution in [2.75, 3.05) is 32.1 Å². The van der Waals surface area contributed by atoms with Gasteiger partial charge in [0, 0.05) is 13.1 Å². The van der Waals surface area contributed by atoms with Gasteiger partial charge in [-0.2, -0.15) is 8.42 Å². The summed E-state index contributed by atoms with van der Waals surface area (Å²) in [6.45, 7) is 1.54. The van der Waals surface area contributed by atoms with Crippen molar-refractivity contribution in [3.8, 4) is 0 Å². The third kappa shape index (κ3) is 11.5. The Morgan fingerprint density at radius 3 is 2.28 bits per heavy atom. The van der Waals surface area contributed by atoms with Gasteiger partial charge in [0.1, 0.15) is 24.4 Å². The van der Waals surface area contributed by atoms with Gasteiger partial charge in [-0.15, -0.1) is 0 Å². The molecule has 0 aromatic rings. The van der Waals surface area contributed by atoms with E-state index in [9.17, 15) is 13.2 Å². The molecule has 11 nitrogen and oxygen atoms in total. The van der Waals surface area contributed by atoms with E-state index in [0.717, 1.165) is 13.1 Å². The van der Waals surface area contributed by atoms with Crippen molar-refractivity contribution in [1.29, 1.82) is 0 Å². The molecule has 12 heteroatoms. The van der Waals surface area contributed by atoms with Gasteiger partial charge in [-0.3, -0.25) is 4.55 Å². The maximum absolute atomic E-state index is 10.4. The fourth-order valence-electron chi connectivity index (χ4n) is 1.92. The lowest BCUT2D eigenvalue weighted by molar-refractivity contribution is -0.136. The fourth-order valence-corrected chi connectivity index (χ4v) is 2.45. The SMILES string of the molecule is O=C[C@H](O)[C@@H](O)[C@H](O)[C@H](O)CO.O=S(=O)(O)CCCC1CNCCO1. The Balaban J connectivity index is 0.000000463. The number of hydrogen-bond donors (Lipinski definition) is 7. The van der Waals surface area contributed by atoms with E-state index < -0.39 is 41.1 Å². The number of aliphatic hydroxyl groups is 5. The van der Waals surface area contributed by atoms with Crippen molar-refractivity contribution in [3.63, 3.8) is 0 Å². The number of aliphatic hydroxyl groups excluding tert-OH is 5. The molecule has 1 fully saturated rings. The Morgan fingerprint density at radius 2 is 1.84 bits per heavy atom. The molecular formula is C13H27NO10S. The van der Waals surface area contributed by atoms with Crippen molar-refractivity contribution in [3.05, 3.63) is 0 Å². The van der Waals surface area contributed by atoms with Crippen LogP contribution in [0, 0.1) is 0 Å². The molecule has 1 heterocycles. The van der Waals surface area contributed by atoms with Gasteiger partial charge in [0.2, 0.25) is 0 Å². The number of rotatable bonds is 9. The predicted molar refractivity (Wildman–Crippen MR) is 85.4 cm³/mol. The first-order valence-corrected chi connectivity index (χ1v) is 9.29. The van der Waals surface area contributed by atoms with E-state index in [1.165, 1.54) is 0 Å². The van der Waals surface area contributed by atoms with Gasteiger partial charge in [-0.05, 0) is 12.8 Å². The summed E-state index contributed by atoms with van der Waals surface area (Å²) in [6.07, 6.45) is -5.62. The summed E-state index contributed by atoms with van der Waals surface area (Å²) >= 11 is 0. The van der Waals surface area contributed by atoms with Gasteiger partial charge in [-0.1, -0.05) is 0 Å². The quantitative estimate of drug-likeness (QED) is 0.151. The van der Waals surface area contributed by atoms with E-state index in [4.69, 9.17) is 34.8 Å². The van der Waals surface area contributed by atoms with Crippen molar-refractivity contribution in [2.45, 2.75) is 43.4 Å². The highest BCUT2D eigenvalue weighted by Gasteiger charge is 2.29. The second-order valence-corrected chi connectivity index (χ2v) is 7.06. The van der Waals surface area contributed by atoms with E-state index in [2.05, 4.69) is 5.32 Å². The lowest BCUT2D eigenvalue weighted by Crippen LogP contribution is -2.46. The summed E-state index contributed by atoms with van der Waals surface area (Å²) in [5.41, 5.74) is 0. The molecule has 150 valence electrons. The van der Waals surface area contributed by atoms with Crippen LogP contribution in [0.5, 0.6) is 0 Å². The first-order valence-electron chi connectivity index (χ1n) is 7.68. The van der Waals surface area contributed by atoms with E-state index in [0.29, 0.717) is 19.4 Å². The highest BCUT2D eigenvalue weighted by atomic mass is 32.2. The van der Waals surface area contributed by atoms with Crippen LogP contribution in [-0.2, 0) is 19.6 Å². The van der Waals surface area contributed by atoms with Gasteiger partial charge in [0.15, 0.2) is 6.29 Å². The zero-order valence-electron chi connectivity index (χ0n) is 13.6. The van der Waals surface area contributed by atoms with Gasteiger partial charge in [0.25, 0.3) is 10.1 Å². The first-order chi connectivity index (χ1) is 11.6. The van der Waals surface area contributed by atoms with Crippen LogP contribution in [0.4, 0.5) is 0 Å². The Bertz CT molecular complexity index is 454. The molecule has 0 amide bonds. The molecule has 5 atom stereocenters. The van der Waals surface area contributed by atoms with Crippen LogP contribution in [-0.4, -0.2) is 107 Å². The van der Waals surface area contributed by atoms with Gasteiger partial charge in [0.05, 0.1) is 25.1 Å². The number of morpholine rings is 1. The molecular weight excluding hydrogens is 362 g/mol. The Kier molecular flexibility index (Phi) is 12.3. The second kappa shape index (κ2) is 12.6. The number of carbonyl (C=O) groups excluding carboxylic acids is 1. The average Bonchev–Trinajstić information content (AvgIpc) is 2.59. The number of carbonyl (C=O) groups is 1. The molecule has 0 radical (unpaired) electrons. The van der Waals surface area contributed by atoms with Crippen LogP contribution in [0.15, 0.2) is 0 Å². The third-order valence-electron chi connectivity index (χ3n) is 3.35. The van der Waals surface area contributed by atoms with Crippen LogP contribution in [0.2, 0.25) is 0 Å². The zero-order valence-corrected chi connectivity index (χ0v) is 14.5. The van der Waals surface area contributed by atoms with Crippen LogP contribution >= 0.6 is 0 Å². The van der Waals surface area contributed by atoms with Crippen LogP contribution < -0.4 is 5.32 Å². The van der Waals surface area contributed by atoms with Gasteiger partial charge < -0.3 is 40.4 Å². The summed E-state index contributed by atoms with van der Waals surface area (Å²) in [5.74, 6) is -0.174. The van der Waals surface area contributed by atoms with Gasteiger partial charge >= 0.3 is 0 Å². The first kappa shape index (κ1) is 24.3. The van der Waals surface area contributed by atoms with E-state index in [1.807, 2.05) is 0 Å². The van der Waals surface area contributed by atoms with Crippen molar-refractivity contribution in [2.24, 2.45) is 0 Å². The number of aldehydes is 1. The maximum atomic E-state index is 10.4. The minimum absolute atomic E-state index is 0.0258. The second-order valence-electron chi connectivity index (χ2n) is 5.48. The Labute approximate surface area is 146 Å². The van der Waals surface area contributed by atoms with Crippen molar-refractivity contribution >= 4 is 16.4 Å². The number of ether oxygens (including phenoxy) is 1. The average molecular weight is 389 g/mol. The minimum atomic E-state index is -3.80. The fraction of sp³-hybridized carbons (Fsp3) is 0.923. The molecule has 0 saturated carbocycles. The molecule has 0 aromatic heterocycles. The lowest BCUT2D eigenvalue weighted by atomic mass is 10.0. The van der Waals surface area contributed by atoms with E-state index >= 15 is 0 Å². The van der Waals surface area contributed by atoms with Crippen molar-refractivity contribution < 1.29 is 48.0 Å². The summed E-state index contributed by atoms with van der Waals surface area (Å²) in [7, 11) is -3.80. The summed E-state index contributed by atoms with van der Waals surface area (Å²) < 4.78 is 34.6. The minimum Gasteiger partial charge on any atom is -0.394 e. The molecule has 1 saturated heterocycles. The smallest absolute Gasteiger partial charge is 0.264 e. The van der Waals surface area contributed by atoms with Gasteiger partial charge in [-0.25, -0.2) is 0 Å². The van der Waals surface area contributed by atoms with Crippen molar-refractivity contribution in [1.82, 2.24) is 5.32 Å². The normalized spacial score (nSPS) is 22.9. The summed E-state index contributed by atoms with van der Waals surface area (Å²) in [5, 5.41) is 46.7. The molecule has 1 unspecified atom stereocenters. The van der Waals surface area contributed by atoms with E-state index in [-0.39, 0.29) is 18.1 Å². The summed E-state index contributed by atoms with van der Waals surface area (Å²) in [4.78, 5) is 9.90. The molecule has 1 aliphatic heterocycles. The topological polar surface area (TPSA) is 194 Å². The lowest BCUT2D eigenvalue weighted by Gasteiger charge is -2.23. The largest absolute Gasteiger partial charge is 0.394 e. The highest BCUT2D eigenvalue weighted by molar-refractivity contribution is 7.85. The van der Waals surface area contributed by atoms with Crippen LogP contribution in [0.3, 0.4) is 0 Å². The highest BCUT2D eigenvalue weighted by Crippen LogP contribution is 2.05. The summed E-state index contributed by atoms with van der Waals surface area (Å²) in [6, 6.07) is 0.